The molecule has 0 aliphatic heterocycles. The molecule has 0 aromatic carbocycles. The molecule has 0 radical (unpaired) electrons. The summed E-state index contributed by atoms with van der Waals surface area (Å²) >= 11 is 0. The van der Waals surface area contributed by atoms with Crippen LogP contribution < -0.4 is 5.32 Å². The molecule has 98 valence electrons. The number of nitrogens with one attached hydrogen (secondary N) is 1. The Morgan fingerprint density at radius 2 is 2.12 bits per heavy atom. The molecule has 0 aliphatic rings. The average molecular weight is 241 g/mol. The Morgan fingerprint density at radius 3 is 2.76 bits per heavy atom. The van der Waals surface area contributed by atoms with E-state index in [1.807, 2.05) is 17.9 Å². The third kappa shape index (κ3) is 4.75. The van der Waals surface area contributed by atoms with Gasteiger partial charge in [0.15, 0.2) is 0 Å². The van der Waals surface area contributed by atoms with Crippen LogP contribution in [-0.2, 0) is 16.5 Å². The Kier molecular flexibility index (Phi) is 6.00. The zero-order chi connectivity index (χ0) is 12.7. The summed E-state index contributed by atoms with van der Waals surface area (Å²) in [4.78, 5) is 0. The van der Waals surface area contributed by atoms with E-state index in [1.54, 1.807) is 7.11 Å². The van der Waals surface area contributed by atoms with Crippen LogP contribution in [0.5, 0.6) is 0 Å². The van der Waals surface area contributed by atoms with Crippen LogP contribution in [-0.4, -0.2) is 43.3 Å². The maximum atomic E-state index is 5.39. The molecular weight excluding hydrogens is 218 g/mol. The zero-order valence-corrected chi connectivity index (χ0v) is 11.2. The summed E-state index contributed by atoms with van der Waals surface area (Å²) in [5.74, 6) is 0.424. The van der Waals surface area contributed by atoms with Crippen LogP contribution >= 0.6 is 0 Å². The van der Waals surface area contributed by atoms with E-state index in [4.69, 9.17) is 9.47 Å². The quantitative estimate of drug-likeness (QED) is 0.703. The van der Waals surface area contributed by atoms with E-state index >= 15 is 0 Å². The second-order valence-corrected chi connectivity index (χ2v) is 4.29. The Morgan fingerprint density at radius 1 is 1.35 bits per heavy atom. The Balaban J connectivity index is 2.31. The normalized spacial score (nSPS) is 11.1. The molecule has 1 aromatic rings. The Hall–Kier alpha value is -1.07. The number of aryl methyl sites for hydroxylation is 1. The van der Waals surface area contributed by atoms with Gasteiger partial charge in [-0.1, -0.05) is 13.8 Å². The van der Waals surface area contributed by atoms with Crippen LogP contribution in [0.1, 0.15) is 25.5 Å². The lowest BCUT2D eigenvalue weighted by Gasteiger charge is -2.08. The summed E-state index contributed by atoms with van der Waals surface area (Å²) in [6, 6.07) is 0. The van der Waals surface area contributed by atoms with Crippen LogP contribution in [0.2, 0.25) is 0 Å². The van der Waals surface area contributed by atoms with Crippen molar-refractivity contribution < 1.29 is 9.47 Å². The standard InChI is InChI=1S/C12H23N3O2/c1-10(2)12-11(9-15(3)14-12)13-5-6-17-8-7-16-4/h9-10,13H,5-8H2,1-4H3. The van der Waals surface area contributed by atoms with Crippen LogP contribution in [0.15, 0.2) is 6.20 Å². The molecule has 0 spiro atoms. The molecule has 0 amide bonds. The molecule has 0 fully saturated rings. The van der Waals surface area contributed by atoms with Crippen LogP contribution in [0.3, 0.4) is 0 Å². The van der Waals surface area contributed by atoms with Crippen molar-refractivity contribution in [3.63, 3.8) is 0 Å². The monoisotopic (exact) mass is 241 g/mol. The number of methoxy groups -OCH3 is 1. The second-order valence-electron chi connectivity index (χ2n) is 4.29. The number of hydrogen-bond donors (Lipinski definition) is 1. The fourth-order valence-corrected chi connectivity index (χ4v) is 1.57. The summed E-state index contributed by atoms with van der Waals surface area (Å²) in [6.45, 7) is 7.03. The van der Waals surface area contributed by atoms with Crippen molar-refractivity contribution >= 4 is 5.69 Å². The van der Waals surface area contributed by atoms with Crippen LogP contribution in [0.25, 0.3) is 0 Å². The number of nitrogens with zero attached hydrogens (tertiary/aromatic N) is 2. The van der Waals surface area contributed by atoms with Gasteiger partial charge in [-0.3, -0.25) is 4.68 Å². The summed E-state index contributed by atoms with van der Waals surface area (Å²) in [5, 5.41) is 7.78. The third-order valence-electron chi connectivity index (χ3n) is 2.40. The number of hydrogen-bond acceptors (Lipinski definition) is 4. The van der Waals surface area contributed by atoms with Gasteiger partial charge < -0.3 is 14.8 Å². The smallest absolute Gasteiger partial charge is 0.0881 e. The van der Waals surface area contributed by atoms with Gasteiger partial charge in [-0.15, -0.1) is 0 Å². The fraction of sp³-hybridized carbons (Fsp3) is 0.750. The van der Waals surface area contributed by atoms with Crippen molar-refractivity contribution in [2.75, 3.05) is 38.8 Å². The second kappa shape index (κ2) is 7.29. The minimum absolute atomic E-state index is 0.424. The molecule has 5 heteroatoms. The molecule has 1 aromatic heterocycles. The van der Waals surface area contributed by atoms with Gasteiger partial charge in [-0.05, 0) is 5.92 Å². The molecule has 0 unspecified atom stereocenters. The summed E-state index contributed by atoms with van der Waals surface area (Å²) in [6.07, 6.45) is 2.00. The van der Waals surface area contributed by atoms with Gasteiger partial charge in [0.05, 0.1) is 31.2 Å². The maximum absolute atomic E-state index is 5.39. The minimum Gasteiger partial charge on any atom is -0.382 e. The highest BCUT2D eigenvalue weighted by atomic mass is 16.5. The van der Waals surface area contributed by atoms with Crippen LogP contribution in [0, 0.1) is 0 Å². The number of anilines is 1. The molecule has 5 nitrogen and oxygen atoms in total. The average Bonchev–Trinajstić information content (AvgIpc) is 2.65. The van der Waals surface area contributed by atoms with Crippen LogP contribution in [0.4, 0.5) is 5.69 Å². The van der Waals surface area contributed by atoms with Crippen molar-refractivity contribution in [1.29, 1.82) is 0 Å². The topological polar surface area (TPSA) is 48.3 Å². The van der Waals surface area contributed by atoms with Crippen molar-refractivity contribution in [1.82, 2.24) is 9.78 Å². The summed E-state index contributed by atoms with van der Waals surface area (Å²) < 4.78 is 12.1. The predicted molar refractivity (Wildman–Crippen MR) is 68.5 cm³/mol. The van der Waals surface area contributed by atoms with E-state index in [0.717, 1.165) is 17.9 Å². The van der Waals surface area contributed by atoms with Crippen molar-refractivity contribution in [2.24, 2.45) is 7.05 Å². The summed E-state index contributed by atoms with van der Waals surface area (Å²) in [5.41, 5.74) is 2.20. The van der Waals surface area contributed by atoms with Gasteiger partial charge in [0.1, 0.15) is 0 Å². The first-order valence-corrected chi connectivity index (χ1v) is 5.99. The van der Waals surface area contributed by atoms with Gasteiger partial charge in [-0.25, -0.2) is 0 Å². The summed E-state index contributed by atoms with van der Waals surface area (Å²) in [7, 11) is 3.61. The molecule has 1 rings (SSSR count). The molecule has 0 bridgehead atoms. The molecule has 1 heterocycles. The van der Waals surface area contributed by atoms with E-state index in [-0.39, 0.29) is 0 Å². The molecular formula is C12H23N3O2. The molecule has 0 saturated carbocycles. The van der Waals surface area contributed by atoms with E-state index < -0.39 is 0 Å². The molecule has 17 heavy (non-hydrogen) atoms. The lowest BCUT2D eigenvalue weighted by molar-refractivity contribution is 0.0759. The maximum Gasteiger partial charge on any atom is 0.0881 e. The molecule has 0 atom stereocenters. The van der Waals surface area contributed by atoms with E-state index in [2.05, 4.69) is 24.3 Å². The van der Waals surface area contributed by atoms with Crippen molar-refractivity contribution in [3.05, 3.63) is 11.9 Å². The minimum atomic E-state index is 0.424. The third-order valence-corrected chi connectivity index (χ3v) is 2.40. The predicted octanol–water partition coefficient (Wildman–Crippen LogP) is 1.62. The van der Waals surface area contributed by atoms with E-state index in [0.29, 0.717) is 25.7 Å². The van der Waals surface area contributed by atoms with E-state index in [9.17, 15) is 0 Å². The van der Waals surface area contributed by atoms with Gasteiger partial charge in [0.25, 0.3) is 0 Å². The number of aromatic nitrogens is 2. The van der Waals surface area contributed by atoms with Gasteiger partial charge in [0, 0.05) is 26.9 Å². The zero-order valence-electron chi connectivity index (χ0n) is 11.2. The Bertz CT molecular complexity index is 324. The number of ether oxygens (including phenoxy) is 2. The Labute approximate surface area is 103 Å². The number of rotatable bonds is 8. The van der Waals surface area contributed by atoms with Gasteiger partial charge in [-0.2, -0.15) is 5.10 Å². The highest BCUT2D eigenvalue weighted by Gasteiger charge is 2.10. The molecule has 0 saturated heterocycles. The first-order valence-electron chi connectivity index (χ1n) is 5.99. The molecule has 0 aliphatic carbocycles. The SMILES string of the molecule is COCCOCCNc1cn(C)nc1C(C)C. The lowest BCUT2D eigenvalue weighted by Crippen LogP contribution is -2.12. The first kappa shape index (κ1) is 14.0. The largest absolute Gasteiger partial charge is 0.382 e. The highest BCUT2D eigenvalue weighted by Crippen LogP contribution is 2.21. The van der Waals surface area contributed by atoms with Gasteiger partial charge >= 0.3 is 0 Å². The van der Waals surface area contributed by atoms with Crippen molar-refractivity contribution in [3.8, 4) is 0 Å². The first-order chi connectivity index (χ1) is 8.15. The lowest BCUT2D eigenvalue weighted by atomic mass is 10.1. The van der Waals surface area contributed by atoms with Gasteiger partial charge in [0.2, 0.25) is 0 Å². The fourth-order valence-electron chi connectivity index (χ4n) is 1.57. The van der Waals surface area contributed by atoms with Crippen molar-refractivity contribution in [2.45, 2.75) is 19.8 Å². The highest BCUT2D eigenvalue weighted by molar-refractivity contribution is 5.47. The van der Waals surface area contributed by atoms with E-state index in [1.165, 1.54) is 0 Å². The molecule has 1 N–H and O–H groups in total.